The topological polar surface area (TPSA) is 55.9 Å². The lowest BCUT2D eigenvalue weighted by Gasteiger charge is -2.31. The van der Waals surface area contributed by atoms with E-state index < -0.39 is 10.2 Å². The van der Waals surface area contributed by atoms with Gasteiger partial charge in [0.15, 0.2) is 0 Å². The highest BCUT2D eigenvalue weighted by atomic mass is 32.2. The Morgan fingerprint density at radius 2 is 2.00 bits per heavy atom. The van der Waals surface area contributed by atoms with Gasteiger partial charge < -0.3 is 10.2 Å². The van der Waals surface area contributed by atoms with Crippen molar-refractivity contribution in [1.82, 2.24) is 18.8 Å². The Bertz CT molecular complexity index is 388. The largest absolute Gasteiger partial charge is 0.317 e. The molecule has 1 N–H and O–H groups in total. The minimum Gasteiger partial charge on any atom is -0.317 e. The zero-order valence-corrected chi connectivity index (χ0v) is 14.8. The third-order valence-electron chi connectivity index (χ3n) is 3.93. The number of nitrogens with one attached hydrogen (secondary N) is 1. The third kappa shape index (κ3) is 5.83. The standard InChI is InChI=1S/C14H32N4O2S/c1-5-8-15-9-6-11-17(4)21(19,20)18-12-7-10-16(3)13-14(18)2/h14-15H,5-13H2,1-4H3. The van der Waals surface area contributed by atoms with Gasteiger partial charge >= 0.3 is 0 Å². The van der Waals surface area contributed by atoms with Crippen molar-refractivity contribution in [3.8, 4) is 0 Å². The third-order valence-corrected chi connectivity index (χ3v) is 6.03. The molecule has 21 heavy (non-hydrogen) atoms. The zero-order chi connectivity index (χ0) is 15.9. The summed E-state index contributed by atoms with van der Waals surface area (Å²) < 4.78 is 28.5. The summed E-state index contributed by atoms with van der Waals surface area (Å²) >= 11 is 0. The van der Waals surface area contributed by atoms with E-state index in [-0.39, 0.29) is 6.04 Å². The van der Waals surface area contributed by atoms with Crippen molar-refractivity contribution in [3.05, 3.63) is 0 Å². The van der Waals surface area contributed by atoms with E-state index in [4.69, 9.17) is 0 Å². The smallest absolute Gasteiger partial charge is 0.282 e. The van der Waals surface area contributed by atoms with Gasteiger partial charge in [0.1, 0.15) is 0 Å². The molecule has 0 bridgehead atoms. The van der Waals surface area contributed by atoms with E-state index in [0.717, 1.165) is 45.4 Å². The van der Waals surface area contributed by atoms with Crippen molar-refractivity contribution >= 4 is 10.2 Å². The lowest BCUT2D eigenvalue weighted by molar-refractivity contribution is 0.276. The second-order valence-electron chi connectivity index (χ2n) is 6.01. The SMILES string of the molecule is CCCNCCCN(C)S(=O)(=O)N1CCCN(C)CC1C. The molecule has 7 heteroatoms. The maximum atomic E-state index is 12.7. The number of hydrogen-bond acceptors (Lipinski definition) is 4. The Kier molecular flexibility index (Phi) is 8.12. The van der Waals surface area contributed by atoms with Crippen LogP contribution in [0.15, 0.2) is 0 Å². The Hall–Kier alpha value is -0.210. The van der Waals surface area contributed by atoms with Crippen molar-refractivity contribution in [2.24, 2.45) is 0 Å². The van der Waals surface area contributed by atoms with Gasteiger partial charge in [-0.05, 0) is 52.9 Å². The molecule has 0 aromatic rings. The molecule has 1 rings (SSSR count). The van der Waals surface area contributed by atoms with Crippen molar-refractivity contribution in [1.29, 1.82) is 0 Å². The van der Waals surface area contributed by atoms with E-state index in [9.17, 15) is 8.42 Å². The molecule has 0 aliphatic carbocycles. The summed E-state index contributed by atoms with van der Waals surface area (Å²) in [6.45, 7) is 8.92. The fraction of sp³-hybridized carbons (Fsp3) is 1.00. The van der Waals surface area contributed by atoms with E-state index in [1.807, 2.05) is 6.92 Å². The van der Waals surface area contributed by atoms with Gasteiger partial charge in [0.25, 0.3) is 10.2 Å². The molecule has 1 unspecified atom stereocenters. The monoisotopic (exact) mass is 320 g/mol. The number of likely N-dealkylation sites (N-methyl/N-ethyl adjacent to an activating group) is 1. The molecule has 1 saturated heterocycles. The van der Waals surface area contributed by atoms with Crippen LogP contribution in [-0.2, 0) is 10.2 Å². The maximum absolute atomic E-state index is 12.7. The van der Waals surface area contributed by atoms with Crippen LogP contribution in [0.4, 0.5) is 0 Å². The molecular formula is C14H32N4O2S. The van der Waals surface area contributed by atoms with Crippen LogP contribution in [0.3, 0.4) is 0 Å². The second kappa shape index (κ2) is 9.05. The Balaban J connectivity index is 2.53. The number of rotatable bonds is 8. The average Bonchev–Trinajstić information content (AvgIpc) is 2.59. The second-order valence-corrected chi connectivity index (χ2v) is 8.00. The van der Waals surface area contributed by atoms with Gasteiger partial charge in [-0.3, -0.25) is 0 Å². The van der Waals surface area contributed by atoms with Crippen LogP contribution in [0.5, 0.6) is 0 Å². The Morgan fingerprint density at radius 1 is 1.29 bits per heavy atom. The van der Waals surface area contributed by atoms with Gasteiger partial charge in [0.05, 0.1) is 0 Å². The van der Waals surface area contributed by atoms with Crippen LogP contribution in [0.1, 0.15) is 33.1 Å². The first kappa shape index (κ1) is 18.8. The van der Waals surface area contributed by atoms with Crippen LogP contribution in [0, 0.1) is 0 Å². The van der Waals surface area contributed by atoms with Gasteiger partial charge in [-0.2, -0.15) is 17.0 Å². The van der Waals surface area contributed by atoms with Crippen molar-refractivity contribution in [2.75, 3.05) is 53.4 Å². The lowest BCUT2D eigenvalue weighted by atomic mass is 10.3. The summed E-state index contributed by atoms with van der Waals surface area (Å²) in [4.78, 5) is 2.20. The minimum atomic E-state index is -3.34. The molecule has 1 aliphatic heterocycles. The van der Waals surface area contributed by atoms with Crippen LogP contribution in [0.2, 0.25) is 0 Å². The quantitative estimate of drug-likeness (QED) is 0.665. The van der Waals surface area contributed by atoms with Crippen molar-refractivity contribution in [2.45, 2.75) is 39.2 Å². The first-order valence-corrected chi connectivity index (χ1v) is 9.41. The van der Waals surface area contributed by atoms with Crippen molar-refractivity contribution in [3.63, 3.8) is 0 Å². The summed E-state index contributed by atoms with van der Waals surface area (Å²) in [5, 5.41) is 3.30. The predicted molar refractivity (Wildman–Crippen MR) is 87.6 cm³/mol. The Labute approximate surface area is 130 Å². The summed E-state index contributed by atoms with van der Waals surface area (Å²) in [7, 11) is 0.404. The molecule has 126 valence electrons. The molecular weight excluding hydrogens is 288 g/mol. The van der Waals surface area contributed by atoms with E-state index in [2.05, 4.69) is 24.2 Å². The summed E-state index contributed by atoms with van der Waals surface area (Å²) in [6, 6.07) is 0.0307. The van der Waals surface area contributed by atoms with Gasteiger partial charge in [-0.1, -0.05) is 6.92 Å². The van der Waals surface area contributed by atoms with Gasteiger partial charge in [-0.25, -0.2) is 0 Å². The average molecular weight is 321 g/mol. The molecule has 0 aromatic carbocycles. The molecule has 1 fully saturated rings. The van der Waals surface area contributed by atoms with Crippen LogP contribution >= 0.6 is 0 Å². The fourth-order valence-corrected chi connectivity index (χ4v) is 4.32. The van der Waals surface area contributed by atoms with E-state index in [1.165, 1.54) is 4.31 Å². The normalized spacial score (nSPS) is 22.6. The first-order valence-electron chi connectivity index (χ1n) is 8.02. The molecule has 6 nitrogen and oxygen atoms in total. The molecule has 0 amide bonds. The molecule has 0 aromatic heterocycles. The molecule has 1 heterocycles. The number of nitrogens with zero attached hydrogens (tertiary/aromatic N) is 3. The highest BCUT2D eigenvalue weighted by Gasteiger charge is 2.32. The van der Waals surface area contributed by atoms with E-state index in [1.54, 1.807) is 11.4 Å². The van der Waals surface area contributed by atoms with Crippen LogP contribution in [-0.4, -0.2) is 81.3 Å². The van der Waals surface area contributed by atoms with Gasteiger partial charge in [0.2, 0.25) is 0 Å². The summed E-state index contributed by atoms with van der Waals surface area (Å²) in [6.07, 6.45) is 2.84. The Morgan fingerprint density at radius 3 is 2.67 bits per heavy atom. The van der Waals surface area contributed by atoms with Crippen LogP contribution in [0.25, 0.3) is 0 Å². The van der Waals surface area contributed by atoms with Crippen LogP contribution < -0.4 is 5.32 Å². The highest BCUT2D eigenvalue weighted by molar-refractivity contribution is 7.86. The predicted octanol–water partition coefficient (Wildman–Crippen LogP) is 0.579. The minimum absolute atomic E-state index is 0.0307. The van der Waals surface area contributed by atoms with E-state index in [0.29, 0.717) is 13.1 Å². The maximum Gasteiger partial charge on any atom is 0.282 e. The summed E-state index contributed by atoms with van der Waals surface area (Å²) in [5.41, 5.74) is 0. The molecule has 0 spiro atoms. The zero-order valence-electron chi connectivity index (χ0n) is 14.0. The molecule has 0 radical (unpaired) electrons. The molecule has 0 saturated carbocycles. The number of hydrogen-bond donors (Lipinski definition) is 1. The van der Waals surface area contributed by atoms with Crippen molar-refractivity contribution < 1.29 is 8.42 Å². The van der Waals surface area contributed by atoms with E-state index >= 15 is 0 Å². The van der Waals surface area contributed by atoms with Gasteiger partial charge in [-0.15, -0.1) is 0 Å². The highest BCUT2D eigenvalue weighted by Crippen LogP contribution is 2.16. The molecule has 1 aliphatic rings. The lowest BCUT2D eigenvalue weighted by Crippen LogP contribution is -2.48. The first-order chi connectivity index (χ1) is 9.89. The fourth-order valence-electron chi connectivity index (χ4n) is 2.72. The molecule has 1 atom stereocenters. The van der Waals surface area contributed by atoms with Gasteiger partial charge in [0, 0.05) is 32.7 Å². The summed E-state index contributed by atoms with van der Waals surface area (Å²) in [5.74, 6) is 0.